The van der Waals surface area contributed by atoms with E-state index >= 15 is 0 Å². The first-order valence-electron chi connectivity index (χ1n) is 5.67. The van der Waals surface area contributed by atoms with Crippen LogP contribution >= 0.6 is 0 Å². The number of nitrogens with zero attached hydrogens (tertiary/aromatic N) is 2. The van der Waals surface area contributed by atoms with Crippen LogP contribution in [-0.2, 0) is 4.79 Å². The first-order valence-corrected chi connectivity index (χ1v) is 5.67. The largest absolute Gasteiger partial charge is 0.494 e. The molecule has 1 N–H and O–H groups in total. The van der Waals surface area contributed by atoms with Gasteiger partial charge in [0.15, 0.2) is 0 Å². The molecule has 0 unspecified atom stereocenters. The average molecular weight is 260 g/mol. The predicted molar refractivity (Wildman–Crippen MR) is 67.6 cm³/mol. The minimum absolute atomic E-state index is 0.145. The lowest BCUT2D eigenvalue weighted by atomic mass is 10.2. The monoisotopic (exact) mass is 260 g/mol. The molecule has 0 aliphatic heterocycles. The van der Waals surface area contributed by atoms with Gasteiger partial charge in [-0.25, -0.2) is 4.79 Å². The highest BCUT2D eigenvalue weighted by atomic mass is 16.5. The Morgan fingerprint density at radius 2 is 2.11 bits per heavy atom. The molecule has 2 aromatic rings. The number of carboxylic acid groups (broad SMARTS) is 1. The third-order valence-corrected chi connectivity index (χ3v) is 2.22. The molecule has 1 heterocycles. The molecule has 6 heteroatoms. The maximum atomic E-state index is 10.4. The quantitative estimate of drug-likeness (QED) is 0.830. The van der Waals surface area contributed by atoms with E-state index in [1.807, 2.05) is 6.92 Å². The second-order valence-corrected chi connectivity index (χ2v) is 3.57. The predicted octanol–water partition coefficient (Wildman–Crippen LogP) is 2.23. The Bertz CT molecular complexity index is 587. The fourth-order valence-corrected chi connectivity index (χ4v) is 1.42. The summed E-state index contributed by atoms with van der Waals surface area (Å²) < 4.78 is 10.6. The van der Waals surface area contributed by atoms with E-state index in [1.165, 1.54) is 6.08 Å². The summed E-state index contributed by atoms with van der Waals surface area (Å²) in [7, 11) is 0. The van der Waals surface area contributed by atoms with Crippen LogP contribution in [0.3, 0.4) is 0 Å². The number of rotatable bonds is 5. The van der Waals surface area contributed by atoms with Gasteiger partial charge < -0.3 is 14.3 Å². The van der Waals surface area contributed by atoms with Crippen molar-refractivity contribution in [2.75, 3.05) is 6.61 Å². The zero-order valence-corrected chi connectivity index (χ0v) is 10.2. The van der Waals surface area contributed by atoms with Gasteiger partial charge in [-0.3, -0.25) is 0 Å². The van der Waals surface area contributed by atoms with Gasteiger partial charge in [0.05, 0.1) is 6.61 Å². The van der Waals surface area contributed by atoms with E-state index in [2.05, 4.69) is 10.2 Å². The number of aromatic nitrogens is 2. The van der Waals surface area contributed by atoms with Gasteiger partial charge >= 0.3 is 5.97 Å². The zero-order chi connectivity index (χ0) is 13.7. The molecule has 0 amide bonds. The summed E-state index contributed by atoms with van der Waals surface area (Å²) in [6.45, 7) is 2.51. The lowest BCUT2D eigenvalue weighted by Gasteiger charge is -2.02. The van der Waals surface area contributed by atoms with Crippen molar-refractivity contribution >= 4 is 12.0 Å². The van der Waals surface area contributed by atoms with E-state index in [4.69, 9.17) is 14.3 Å². The average Bonchev–Trinajstić information content (AvgIpc) is 2.86. The Labute approximate surface area is 109 Å². The molecular formula is C13H12N2O4. The number of aliphatic carboxylic acids is 1. The van der Waals surface area contributed by atoms with Crippen molar-refractivity contribution in [3.05, 3.63) is 36.2 Å². The van der Waals surface area contributed by atoms with Crippen LogP contribution in [0.4, 0.5) is 0 Å². The lowest BCUT2D eigenvalue weighted by molar-refractivity contribution is -0.131. The van der Waals surface area contributed by atoms with Crippen molar-refractivity contribution in [1.29, 1.82) is 0 Å². The van der Waals surface area contributed by atoms with Crippen molar-refractivity contribution in [2.45, 2.75) is 6.92 Å². The number of hydrogen-bond acceptors (Lipinski definition) is 5. The van der Waals surface area contributed by atoms with E-state index in [0.29, 0.717) is 12.5 Å². The summed E-state index contributed by atoms with van der Waals surface area (Å²) in [4.78, 5) is 10.4. The second kappa shape index (κ2) is 5.81. The fraction of sp³-hybridized carbons (Fsp3) is 0.154. The summed E-state index contributed by atoms with van der Waals surface area (Å²) in [6.07, 6.45) is 2.18. The molecule has 1 aromatic carbocycles. The first kappa shape index (κ1) is 12.8. The molecule has 0 radical (unpaired) electrons. The molecule has 0 saturated carbocycles. The third-order valence-electron chi connectivity index (χ3n) is 2.22. The normalized spacial score (nSPS) is 10.8. The highest BCUT2D eigenvalue weighted by Crippen LogP contribution is 2.21. The Morgan fingerprint density at radius 3 is 2.74 bits per heavy atom. The minimum Gasteiger partial charge on any atom is -0.494 e. The van der Waals surface area contributed by atoms with Gasteiger partial charge in [-0.05, 0) is 31.2 Å². The SMILES string of the molecule is CCOc1ccc(-c2nnc(/C=C/C(=O)O)o2)cc1. The van der Waals surface area contributed by atoms with Crippen LogP contribution in [0.25, 0.3) is 17.5 Å². The van der Waals surface area contributed by atoms with E-state index in [-0.39, 0.29) is 5.89 Å². The Balaban J connectivity index is 2.15. The first-order chi connectivity index (χ1) is 9.19. The molecule has 0 bridgehead atoms. The second-order valence-electron chi connectivity index (χ2n) is 3.57. The van der Waals surface area contributed by atoms with Crippen LogP contribution in [0, 0.1) is 0 Å². The zero-order valence-electron chi connectivity index (χ0n) is 10.2. The summed E-state index contributed by atoms with van der Waals surface area (Å²) in [5.74, 6) is 0.164. The van der Waals surface area contributed by atoms with Gasteiger partial charge in [-0.1, -0.05) is 0 Å². The van der Waals surface area contributed by atoms with Gasteiger partial charge in [0.25, 0.3) is 0 Å². The smallest absolute Gasteiger partial charge is 0.328 e. The lowest BCUT2D eigenvalue weighted by Crippen LogP contribution is -1.90. The van der Waals surface area contributed by atoms with E-state index < -0.39 is 5.97 Å². The molecule has 2 rings (SSSR count). The molecule has 98 valence electrons. The number of ether oxygens (including phenoxy) is 1. The summed E-state index contributed by atoms with van der Waals surface area (Å²) >= 11 is 0. The van der Waals surface area contributed by atoms with Gasteiger partial charge in [-0.15, -0.1) is 10.2 Å². The van der Waals surface area contributed by atoms with Crippen LogP contribution < -0.4 is 4.74 Å². The van der Waals surface area contributed by atoms with E-state index in [1.54, 1.807) is 24.3 Å². The third kappa shape index (κ3) is 3.41. The number of hydrogen-bond donors (Lipinski definition) is 1. The molecule has 1 aromatic heterocycles. The van der Waals surface area contributed by atoms with Crippen molar-refractivity contribution in [2.24, 2.45) is 0 Å². The Morgan fingerprint density at radius 1 is 1.37 bits per heavy atom. The Hall–Kier alpha value is -2.63. The molecule has 19 heavy (non-hydrogen) atoms. The summed E-state index contributed by atoms with van der Waals surface area (Å²) in [5, 5.41) is 16.1. The minimum atomic E-state index is -1.07. The highest BCUT2D eigenvalue weighted by Gasteiger charge is 2.07. The van der Waals surface area contributed by atoms with Gasteiger partial charge in [0, 0.05) is 17.7 Å². The summed E-state index contributed by atoms with van der Waals surface area (Å²) in [6, 6.07) is 7.19. The molecule has 0 atom stereocenters. The van der Waals surface area contributed by atoms with Gasteiger partial charge in [-0.2, -0.15) is 0 Å². The number of carboxylic acids is 1. The molecular weight excluding hydrogens is 248 g/mol. The van der Waals surface area contributed by atoms with Crippen LogP contribution in [0.2, 0.25) is 0 Å². The topological polar surface area (TPSA) is 85.5 Å². The van der Waals surface area contributed by atoms with Gasteiger partial charge in [0.1, 0.15) is 5.75 Å². The fourth-order valence-electron chi connectivity index (χ4n) is 1.42. The summed E-state index contributed by atoms with van der Waals surface area (Å²) in [5.41, 5.74) is 0.742. The number of carbonyl (C=O) groups is 1. The van der Waals surface area contributed by atoms with E-state index in [9.17, 15) is 4.79 Å². The molecule has 0 fully saturated rings. The van der Waals surface area contributed by atoms with Crippen molar-refractivity contribution in [3.8, 4) is 17.2 Å². The molecule has 0 spiro atoms. The van der Waals surface area contributed by atoms with Crippen molar-refractivity contribution in [1.82, 2.24) is 10.2 Å². The van der Waals surface area contributed by atoms with Gasteiger partial charge in [0.2, 0.25) is 11.8 Å². The molecule has 0 aliphatic rings. The molecule has 0 aliphatic carbocycles. The molecule has 6 nitrogen and oxygen atoms in total. The van der Waals surface area contributed by atoms with Crippen molar-refractivity contribution < 1.29 is 19.1 Å². The van der Waals surface area contributed by atoms with E-state index in [0.717, 1.165) is 17.4 Å². The van der Waals surface area contributed by atoms with Crippen LogP contribution in [0.1, 0.15) is 12.8 Å². The van der Waals surface area contributed by atoms with Crippen LogP contribution in [0.15, 0.2) is 34.8 Å². The van der Waals surface area contributed by atoms with Crippen LogP contribution in [-0.4, -0.2) is 27.9 Å². The standard InChI is InChI=1S/C13H12N2O4/c1-2-18-10-5-3-9(4-6-10)13-15-14-11(19-13)7-8-12(16)17/h3-8H,2H2,1H3,(H,16,17)/b8-7+. The highest BCUT2D eigenvalue weighted by molar-refractivity contribution is 5.84. The van der Waals surface area contributed by atoms with Crippen molar-refractivity contribution in [3.63, 3.8) is 0 Å². The van der Waals surface area contributed by atoms with Crippen LogP contribution in [0.5, 0.6) is 5.75 Å². The molecule has 0 saturated heterocycles. The maximum absolute atomic E-state index is 10.4. The maximum Gasteiger partial charge on any atom is 0.328 e. The Kier molecular flexibility index (Phi) is 3.92. The number of benzene rings is 1.